The van der Waals surface area contributed by atoms with Crippen molar-refractivity contribution in [3.05, 3.63) is 54.3 Å². The Morgan fingerprint density at radius 2 is 1.68 bits per heavy atom. The van der Waals surface area contributed by atoms with Crippen molar-refractivity contribution in [1.29, 1.82) is 0 Å². The number of hydrogen-bond donors (Lipinski definition) is 1. The molecule has 0 radical (unpaired) electrons. The first-order valence-electron chi connectivity index (χ1n) is 7.71. The van der Waals surface area contributed by atoms with E-state index in [9.17, 15) is 17.6 Å². The number of rotatable bonds is 6. The lowest BCUT2D eigenvalue weighted by Gasteiger charge is -2.19. The molecule has 0 amide bonds. The second-order valence-electron chi connectivity index (χ2n) is 5.87. The Balaban J connectivity index is 2.29. The predicted octanol–water partition coefficient (Wildman–Crippen LogP) is 2.97. The van der Waals surface area contributed by atoms with Gasteiger partial charge in [0.25, 0.3) is 0 Å². The molecule has 0 fully saturated rings. The van der Waals surface area contributed by atoms with Crippen molar-refractivity contribution in [2.45, 2.75) is 24.8 Å². The van der Waals surface area contributed by atoms with Gasteiger partial charge in [-0.25, -0.2) is 12.8 Å². The van der Waals surface area contributed by atoms with Crippen LogP contribution in [0.2, 0.25) is 0 Å². The first kappa shape index (κ1) is 19.1. The SMILES string of the molecule is CC(C)[C@H](NS(=O)(=O)c1ccc(-c2ccccc2F)cc1)C(=O)O[11CH3]. The summed E-state index contributed by atoms with van der Waals surface area (Å²) in [6.07, 6.45) is 0. The maximum atomic E-state index is 13.8. The zero-order chi connectivity index (χ0) is 18.6. The summed E-state index contributed by atoms with van der Waals surface area (Å²) in [5.41, 5.74) is 0.944. The molecule has 0 aliphatic rings. The molecule has 7 heteroatoms. The zero-order valence-corrected chi connectivity index (χ0v) is 15.0. The third kappa shape index (κ3) is 4.43. The zero-order valence-electron chi connectivity index (χ0n) is 14.2. The van der Waals surface area contributed by atoms with E-state index in [1.54, 1.807) is 32.0 Å². The molecule has 25 heavy (non-hydrogen) atoms. The van der Waals surface area contributed by atoms with Gasteiger partial charge < -0.3 is 4.74 Å². The summed E-state index contributed by atoms with van der Waals surface area (Å²) < 4.78 is 45.8. The Bertz CT molecular complexity index is 848. The molecule has 2 aromatic carbocycles. The molecule has 0 spiro atoms. The van der Waals surface area contributed by atoms with Gasteiger partial charge in [0, 0.05) is 5.56 Å². The lowest BCUT2D eigenvalue weighted by molar-refractivity contribution is -0.143. The lowest BCUT2D eigenvalue weighted by atomic mass is 10.1. The fourth-order valence-electron chi connectivity index (χ4n) is 2.33. The minimum atomic E-state index is -3.91. The van der Waals surface area contributed by atoms with Crippen LogP contribution < -0.4 is 4.72 Å². The van der Waals surface area contributed by atoms with Crippen molar-refractivity contribution in [1.82, 2.24) is 4.72 Å². The lowest BCUT2D eigenvalue weighted by Crippen LogP contribution is -2.44. The Hall–Kier alpha value is -2.25. The Kier molecular flexibility index (Phi) is 5.92. The molecule has 0 saturated carbocycles. The van der Waals surface area contributed by atoms with E-state index in [0.717, 1.165) is 0 Å². The summed E-state index contributed by atoms with van der Waals surface area (Å²) in [6, 6.07) is 11.0. The number of hydrogen-bond acceptors (Lipinski definition) is 4. The van der Waals surface area contributed by atoms with Crippen molar-refractivity contribution >= 4 is 16.0 Å². The second kappa shape index (κ2) is 7.76. The number of esters is 1. The van der Waals surface area contributed by atoms with Crippen molar-refractivity contribution in [2.75, 3.05) is 7.11 Å². The second-order valence-corrected chi connectivity index (χ2v) is 7.58. The van der Waals surface area contributed by atoms with Gasteiger partial charge in [-0.05, 0) is 29.7 Å². The van der Waals surface area contributed by atoms with Gasteiger partial charge in [0.1, 0.15) is 11.9 Å². The first-order chi connectivity index (χ1) is 11.8. The van der Waals surface area contributed by atoms with Crippen molar-refractivity contribution in [3.63, 3.8) is 0 Å². The summed E-state index contributed by atoms with van der Waals surface area (Å²) in [5, 5.41) is 0. The average molecular weight is 364 g/mol. The number of benzene rings is 2. The van der Waals surface area contributed by atoms with Crippen LogP contribution in [0.1, 0.15) is 13.8 Å². The van der Waals surface area contributed by atoms with Gasteiger partial charge in [-0.1, -0.05) is 44.2 Å². The molecule has 0 bridgehead atoms. The highest BCUT2D eigenvalue weighted by atomic mass is 32.2. The minimum Gasteiger partial charge on any atom is -0.468 e. The largest absolute Gasteiger partial charge is 0.468 e. The highest BCUT2D eigenvalue weighted by molar-refractivity contribution is 7.89. The molecule has 2 rings (SSSR count). The Morgan fingerprint density at radius 3 is 2.20 bits per heavy atom. The summed E-state index contributed by atoms with van der Waals surface area (Å²) in [6.45, 7) is 3.43. The minimum absolute atomic E-state index is 0.0119. The van der Waals surface area contributed by atoms with Crippen LogP contribution in [0.15, 0.2) is 53.4 Å². The first-order valence-corrected chi connectivity index (χ1v) is 9.19. The highest BCUT2D eigenvalue weighted by Crippen LogP contribution is 2.24. The van der Waals surface area contributed by atoms with Gasteiger partial charge >= 0.3 is 5.97 Å². The third-order valence-corrected chi connectivity index (χ3v) is 5.21. The fraction of sp³-hybridized carbons (Fsp3) is 0.278. The molecule has 0 aliphatic heterocycles. The summed E-state index contributed by atoms with van der Waals surface area (Å²) in [5.74, 6) is -1.32. The number of sulfonamides is 1. The number of carbonyl (C=O) groups excluding carboxylic acids is 1. The topological polar surface area (TPSA) is 72.5 Å². The number of ether oxygens (including phenoxy) is 1. The standard InChI is InChI=1S/C18H20FNO4S/c1-12(2)17(18(21)24-3)20-25(22,23)14-10-8-13(9-11-14)15-6-4-5-7-16(15)19/h4-12,17,20H,1-3H3/t17-/m0/s1/i3-1. The Labute approximate surface area is 146 Å². The molecule has 2 aromatic rings. The molecule has 0 saturated heterocycles. The smallest absolute Gasteiger partial charge is 0.324 e. The summed E-state index contributed by atoms with van der Waals surface area (Å²) >= 11 is 0. The summed E-state index contributed by atoms with van der Waals surface area (Å²) in [4.78, 5) is 11.7. The number of carbonyl (C=O) groups is 1. The van der Waals surface area contributed by atoms with E-state index < -0.39 is 22.0 Å². The van der Waals surface area contributed by atoms with Crippen LogP contribution in [0.4, 0.5) is 4.39 Å². The van der Waals surface area contributed by atoms with Crippen LogP contribution in [-0.4, -0.2) is 27.5 Å². The van der Waals surface area contributed by atoms with Crippen LogP contribution in [0.3, 0.4) is 0 Å². The highest BCUT2D eigenvalue weighted by Gasteiger charge is 2.29. The van der Waals surface area contributed by atoms with Crippen LogP contribution in [0.5, 0.6) is 0 Å². The van der Waals surface area contributed by atoms with E-state index in [1.165, 1.54) is 37.4 Å². The van der Waals surface area contributed by atoms with Crippen LogP contribution in [-0.2, 0) is 19.6 Å². The van der Waals surface area contributed by atoms with Crippen molar-refractivity contribution < 1.29 is 22.3 Å². The fourth-order valence-corrected chi connectivity index (χ4v) is 3.66. The quantitative estimate of drug-likeness (QED) is 0.800. The summed E-state index contributed by atoms with van der Waals surface area (Å²) in [7, 11) is -2.71. The van der Waals surface area contributed by atoms with Crippen molar-refractivity contribution in [2.24, 2.45) is 5.92 Å². The predicted molar refractivity (Wildman–Crippen MR) is 92.8 cm³/mol. The molecule has 0 heterocycles. The number of nitrogens with one attached hydrogen (secondary N) is 1. The molecular weight excluding hydrogens is 344 g/mol. The van der Waals surface area contributed by atoms with Crippen molar-refractivity contribution in [3.8, 4) is 11.1 Å². The van der Waals surface area contributed by atoms with Gasteiger partial charge in [0.15, 0.2) is 0 Å². The van der Waals surface area contributed by atoms with Gasteiger partial charge in [-0.2, -0.15) is 4.72 Å². The number of halogens is 1. The van der Waals surface area contributed by atoms with E-state index in [2.05, 4.69) is 9.46 Å². The van der Waals surface area contributed by atoms with E-state index >= 15 is 0 Å². The molecule has 0 unspecified atom stereocenters. The van der Waals surface area contributed by atoms with E-state index in [4.69, 9.17) is 0 Å². The molecule has 1 atom stereocenters. The van der Waals surface area contributed by atoms with Gasteiger partial charge in [-0.3, -0.25) is 4.79 Å². The van der Waals surface area contributed by atoms with Crippen LogP contribution in [0.25, 0.3) is 11.1 Å². The monoisotopic (exact) mass is 364 g/mol. The Morgan fingerprint density at radius 1 is 1.08 bits per heavy atom. The average Bonchev–Trinajstić information content (AvgIpc) is 2.59. The molecule has 0 aliphatic carbocycles. The molecule has 5 nitrogen and oxygen atoms in total. The van der Waals surface area contributed by atoms with E-state index in [1.807, 2.05) is 0 Å². The molecule has 1 N–H and O–H groups in total. The maximum Gasteiger partial charge on any atom is 0.324 e. The van der Waals surface area contributed by atoms with Gasteiger partial charge in [0.05, 0.1) is 12.0 Å². The van der Waals surface area contributed by atoms with E-state index in [0.29, 0.717) is 11.1 Å². The van der Waals surface area contributed by atoms with Crippen LogP contribution in [0, 0.1) is 11.7 Å². The van der Waals surface area contributed by atoms with E-state index in [-0.39, 0.29) is 16.6 Å². The normalized spacial score (nSPS) is 12.8. The van der Waals surface area contributed by atoms with Crippen LogP contribution >= 0.6 is 0 Å². The molecule has 0 aromatic heterocycles. The van der Waals surface area contributed by atoms with Gasteiger partial charge in [0.2, 0.25) is 10.0 Å². The third-order valence-electron chi connectivity index (χ3n) is 3.75. The number of methoxy groups -OCH3 is 1. The maximum absolute atomic E-state index is 13.8. The molecule has 134 valence electrons. The van der Waals surface area contributed by atoms with Gasteiger partial charge in [-0.15, -0.1) is 0 Å². The molecular formula is C18H20FNO4S.